The molecular formula is C28H36IrN3O-. The summed E-state index contributed by atoms with van der Waals surface area (Å²) in [6.07, 6.45) is 0. The molecule has 0 fully saturated rings. The van der Waals surface area contributed by atoms with Crippen LogP contribution in [-0.4, -0.2) is 14.5 Å². The van der Waals surface area contributed by atoms with Crippen molar-refractivity contribution in [3.8, 4) is 17.3 Å². The second-order valence-corrected chi connectivity index (χ2v) is 12.8. The summed E-state index contributed by atoms with van der Waals surface area (Å²) in [5, 5.41) is 0. The summed E-state index contributed by atoms with van der Waals surface area (Å²) in [7, 11) is 0. The van der Waals surface area contributed by atoms with E-state index in [1.807, 2.05) is 6.07 Å². The fourth-order valence-corrected chi connectivity index (χ4v) is 5.63. The van der Waals surface area contributed by atoms with Crippen molar-refractivity contribution in [1.82, 2.24) is 14.5 Å². The third-order valence-corrected chi connectivity index (χ3v) is 8.93. The van der Waals surface area contributed by atoms with Gasteiger partial charge in [-0.25, -0.2) is 0 Å². The summed E-state index contributed by atoms with van der Waals surface area (Å²) in [6, 6.07) is 10.1. The summed E-state index contributed by atoms with van der Waals surface area (Å²) in [6.45, 7) is 24.9. The summed E-state index contributed by atoms with van der Waals surface area (Å²) in [5.41, 5.74) is 6.29. The van der Waals surface area contributed by atoms with Crippen molar-refractivity contribution in [3.05, 3.63) is 41.1 Å². The Bertz CT molecular complexity index is 1290. The predicted molar refractivity (Wildman–Crippen MR) is 130 cm³/mol. The van der Waals surface area contributed by atoms with E-state index in [1.165, 1.54) is 11.1 Å². The van der Waals surface area contributed by atoms with Crippen molar-refractivity contribution in [3.63, 3.8) is 0 Å². The van der Waals surface area contributed by atoms with E-state index in [-0.39, 0.29) is 41.8 Å². The molecule has 3 heterocycles. The Morgan fingerprint density at radius 2 is 1.45 bits per heavy atom. The SMILES string of the molecule is CC(C)(C)c1c[c-]c2c(n1)OC(C)(C)n1c-2nc2cc3c(cc21)C(C)(C)C(C)(C)C3(C)C.[Ir]. The molecule has 1 radical (unpaired) electrons. The van der Waals surface area contributed by atoms with Crippen LogP contribution in [0.15, 0.2) is 18.2 Å². The first-order valence-corrected chi connectivity index (χ1v) is 11.7. The first-order valence-electron chi connectivity index (χ1n) is 11.7. The standard InChI is InChI=1S/C28H36N3O.Ir/c1-24(2,3)21-13-12-16-22-29-19-14-17-18(26(6,7)27(8,9)25(17,4)5)15-20(19)31(22)28(10,11)32-23(16)30-21;/h13-15H,1-11H3;/q-1;. The van der Waals surface area contributed by atoms with Gasteiger partial charge in [0, 0.05) is 20.1 Å². The molecule has 5 heteroatoms. The molecule has 179 valence electrons. The third-order valence-electron chi connectivity index (χ3n) is 8.93. The molecule has 5 rings (SSSR count). The molecule has 0 N–H and O–H groups in total. The van der Waals surface area contributed by atoms with Crippen LogP contribution in [0.2, 0.25) is 0 Å². The van der Waals surface area contributed by atoms with Crippen LogP contribution in [0.25, 0.3) is 22.4 Å². The van der Waals surface area contributed by atoms with Gasteiger partial charge >= 0.3 is 0 Å². The van der Waals surface area contributed by atoms with E-state index >= 15 is 0 Å². The average Bonchev–Trinajstić information content (AvgIpc) is 3.08. The number of benzene rings is 1. The molecule has 0 spiro atoms. The minimum absolute atomic E-state index is 0. The van der Waals surface area contributed by atoms with Crippen LogP contribution in [0.3, 0.4) is 0 Å². The number of rotatable bonds is 0. The van der Waals surface area contributed by atoms with E-state index in [0.29, 0.717) is 5.88 Å². The van der Waals surface area contributed by atoms with Gasteiger partial charge in [-0.1, -0.05) is 62.3 Å². The molecular weight excluding hydrogens is 587 g/mol. The summed E-state index contributed by atoms with van der Waals surface area (Å²) in [4.78, 5) is 10.0. The van der Waals surface area contributed by atoms with Crippen LogP contribution in [-0.2, 0) is 42.1 Å². The van der Waals surface area contributed by atoms with Gasteiger partial charge in [0.2, 0.25) is 0 Å². The predicted octanol–water partition coefficient (Wildman–Crippen LogP) is 6.87. The minimum Gasteiger partial charge on any atom is -0.498 e. The first-order chi connectivity index (χ1) is 14.5. The molecule has 3 aromatic rings. The molecule has 0 saturated heterocycles. The van der Waals surface area contributed by atoms with E-state index in [1.54, 1.807) is 0 Å². The Balaban J connectivity index is 0.00000259. The zero-order valence-electron chi connectivity index (χ0n) is 21.8. The second-order valence-electron chi connectivity index (χ2n) is 12.8. The zero-order valence-corrected chi connectivity index (χ0v) is 24.2. The molecule has 0 saturated carbocycles. The topological polar surface area (TPSA) is 39.9 Å². The van der Waals surface area contributed by atoms with Gasteiger partial charge in [0.1, 0.15) is 5.88 Å². The Hall–Kier alpha value is -1.71. The number of fused-ring (bicyclic) bond motifs is 6. The van der Waals surface area contributed by atoms with E-state index in [4.69, 9.17) is 14.7 Å². The number of imidazole rings is 1. The molecule has 2 aliphatic rings. The van der Waals surface area contributed by atoms with Crippen molar-refractivity contribution in [2.24, 2.45) is 5.41 Å². The number of ether oxygens (including phenoxy) is 1. The van der Waals surface area contributed by atoms with Gasteiger partial charge in [-0.05, 0) is 70.0 Å². The molecule has 0 bridgehead atoms. The van der Waals surface area contributed by atoms with Crippen LogP contribution in [0.4, 0.5) is 0 Å². The van der Waals surface area contributed by atoms with Crippen LogP contribution in [0, 0.1) is 11.5 Å². The quantitative estimate of drug-likeness (QED) is 0.257. The largest absolute Gasteiger partial charge is 0.498 e. The van der Waals surface area contributed by atoms with Crippen molar-refractivity contribution in [2.75, 3.05) is 0 Å². The van der Waals surface area contributed by atoms with Gasteiger partial charge in [-0.15, -0.1) is 12.1 Å². The zero-order chi connectivity index (χ0) is 23.6. The van der Waals surface area contributed by atoms with Crippen molar-refractivity contribution in [2.45, 2.75) is 98.1 Å². The average molecular weight is 623 g/mol. The fourth-order valence-electron chi connectivity index (χ4n) is 5.63. The Labute approximate surface area is 211 Å². The van der Waals surface area contributed by atoms with E-state index < -0.39 is 5.72 Å². The van der Waals surface area contributed by atoms with Gasteiger partial charge < -0.3 is 14.3 Å². The van der Waals surface area contributed by atoms with Crippen LogP contribution in [0.1, 0.15) is 93.0 Å². The maximum Gasteiger partial charge on any atom is 0.165 e. The Morgan fingerprint density at radius 1 is 0.879 bits per heavy atom. The van der Waals surface area contributed by atoms with Gasteiger partial charge in [-0.2, -0.15) is 0 Å². The van der Waals surface area contributed by atoms with Crippen molar-refractivity contribution < 1.29 is 24.8 Å². The number of aromatic nitrogens is 3. The van der Waals surface area contributed by atoms with Crippen LogP contribution < -0.4 is 4.74 Å². The number of pyridine rings is 1. The number of nitrogens with zero attached hydrogens (tertiary/aromatic N) is 3. The van der Waals surface area contributed by atoms with E-state index in [2.05, 4.69) is 98.9 Å². The summed E-state index contributed by atoms with van der Waals surface area (Å²) < 4.78 is 8.71. The minimum atomic E-state index is -0.601. The second kappa shape index (κ2) is 6.70. The fraction of sp³-hybridized carbons (Fsp3) is 0.571. The summed E-state index contributed by atoms with van der Waals surface area (Å²) >= 11 is 0. The van der Waals surface area contributed by atoms with Crippen molar-refractivity contribution in [1.29, 1.82) is 0 Å². The van der Waals surface area contributed by atoms with Crippen molar-refractivity contribution >= 4 is 11.0 Å². The first kappa shape index (κ1) is 24.4. The van der Waals surface area contributed by atoms with Gasteiger partial charge in [0.15, 0.2) is 5.72 Å². The maximum absolute atomic E-state index is 6.48. The van der Waals surface area contributed by atoms with E-state index in [0.717, 1.165) is 28.1 Å². The molecule has 0 amide bonds. The number of hydrogen-bond acceptors (Lipinski definition) is 3. The molecule has 1 aliphatic carbocycles. The molecule has 1 aromatic carbocycles. The molecule has 0 atom stereocenters. The van der Waals surface area contributed by atoms with Crippen LogP contribution in [0.5, 0.6) is 5.88 Å². The van der Waals surface area contributed by atoms with E-state index in [9.17, 15) is 0 Å². The summed E-state index contributed by atoms with van der Waals surface area (Å²) in [5.74, 6) is 1.51. The number of hydrogen-bond donors (Lipinski definition) is 0. The normalized spacial score (nSPS) is 20.9. The molecule has 33 heavy (non-hydrogen) atoms. The van der Waals surface area contributed by atoms with Gasteiger partial charge in [-0.3, -0.25) is 4.98 Å². The Kier molecular flexibility index (Phi) is 4.95. The monoisotopic (exact) mass is 623 g/mol. The van der Waals surface area contributed by atoms with Gasteiger partial charge in [0.25, 0.3) is 0 Å². The van der Waals surface area contributed by atoms with Gasteiger partial charge in [0.05, 0.1) is 16.9 Å². The smallest absolute Gasteiger partial charge is 0.165 e. The molecule has 4 nitrogen and oxygen atoms in total. The molecule has 1 aliphatic heterocycles. The molecule has 2 aromatic heterocycles. The maximum atomic E-state index is 6.48. The van der Waals surface area contributed by atoms with Crippen LogP contribution >= 0.6 is 0 Å². The third kappa shape index (κ3) is 2.97. The molecule has 0 unspecified atom stereocenters. The Morgan fingerprint density at radius 3 is 2.03 bits per heavy atom.